The molecule has 1 rings (SSSR count). The third-order valence-corrected chi connectivity index (χ3v) is 5.06. The Morgan fingerprint density at radius 2 is 1.65 bits per heavy atom. The number of carbonyl (C=O) groups is 1. The lowest BCUT2D eigenvalue weighted by atomic mass is 9.87. The second-order valence-corrected chi connectivity index (χ2v) is 8.62. The molecule has 6 nitrogen and oxygen atoms in total. The molecule has 0 aliphatic rings. The Labute approximate surface area is 139 Å². The maximum Gasteiger partial charge on any atom is 0.278 e. The van der Waals surface area contributed by atoms with Crippen LogP contribution in [0.25, 0.3) is 0 Å². The zero-order valence-corrected chi connectivity index (χ0v) is 15.6. The molecular formula is C16H27N3O3S. The Morgan fingerprint density at radius 1 is 1.13 bits per heavy atom. The first kappa shape index (κ1) is 19.6. The summed E-state index contributed by atoms with van der Waals surface area (Å²) in [6, 6.07) is 7.77. The van der Waals surface area contributed by atoms with Gasteiger partial charge in [-0.2, -0.15) is 12.7 Å². The van der Waals surface area contributed by atoms with E-state index < -0.39 is 10.2 Å². The van der Waals surface area contributed by atoms with Gasteiger partial charge in [-0.05, 0) is 23.1 Å². The van der Waals surface area contributed by atoms with Crippen LogP contribution in [0.4, 0.5) is 5.69 Å². The molecule has 1 aromatic carbocycles. The van der Waals surface area contributed by atoms with Crippen LogP contribution >= 0.6 is 0 Å². The molecule has 0 saturated heterocycles. The van der Waals surface area contributed by atoms with Gasteiger partial charge in [0.25, 0.3) is 10.2 Å². The molecule has 0 heterocycles. The summed E-state index contributed by atoms with van der Waals surface area (Å²) in [6.45, 7) is 8.28. The summed E-state index contributed by atoms with van der Waals surface area (Å²) in [5.74, 6) is -0.127. The average Bonchev–Trinajstić information content (AvgIpc) is 2.42. The minimum Gasteiger partial charge on any atom is -0.311 e. The molecule has 7 heteroatoms. The predicted molar refractivity (Wildman–Crippen MR) is 93.8 cm³/mol. The molecule has 1 amide bonds. The first-order valence-corrected chi connectivity index (χ1v) is 8.95. The SMILES string of the molecule is CC(=O)N(CCNS(=O)(=O)N(C)C)c1ccc(C(C)(C)C)cc1. The molecule has 130 valence electrons. The molecule has 0 fully saturated rings. The fraction of sp³-hybridized carbons (Fsp3) is 0.562. The second-order valence-electron chi connectivity index (χ2n) is 6.65. The summed E-state index contributed by atoms with van der Waals surface area (Å²) in [4.78, 5) is 13.4. The maximum absolute atomic E-state index is 11.9. The lowest BCUT2D eigenvalue weighted by Gasteiger charge is -2.24. The van der Waals surface area contributed by atoms with Crippen LogP contribution in [0.3, 0.4) is 0 Å². The summed E-state index contributed by atoms with van der Waals surface area (Å²) < 4.78 is 26.9. The standard InChI is InChI=1S/C16H27N3O3S/c1-13(20)19(12-11-17-23(21,22)18(5)6)15-9-7-14(8-10-15)16(2,3)4/h7-10,17H,11-12H2,1-6H3. The van der Waals surface area contributed by atoms with E-state index in [-0.39, 0.29) is 24.4 Å². The summed E-state index contributed by atoms with van der Waals surface area (Å²) in [6.07, 6.45) is 0. The molecular weight excluding hydrogens is 314 g/mol. The summed E-state index contributed by atoms with van der Waals surface area (Å²) in [5, 5.41) is 0. The van der Waals surface area contributed by atoms with Gasteiger partial charge in [0, 0.05) is 39.8 Å². The number of nitrogens with zero attached hydrogens (tertiary/aromatic N) is 2. The highest BCUT2D eigenvalue weighted by atomic mass is 32.2. The van der Waals surface area contributed by atoms with Gasteiger partial charge >= 0.3 is 0 Å². The minimum absolute atomic E-state index is 0.0426. The molecule has 0 saturated carbocycles. The molecule has 1 aromatic rings. The van der Waals surface area contributed by atoms with E-state index in [1.807, 2.05) is 24.3 Å². The molecule has 0 aliphatic heterocycles. The highest BCUT2D eigenvalue weighted by molar-refractivity contribution is 7.87. The Morgan fingerprint density at radius 3 is 2.04 bits per heavy atom. The first-order valence-electron chi connectivity index (χ1n) is 7.51. The van der Waals surface area contributed by atoms with E-state index in [0.29, 0.717) is 0 Å². The van der Waals surface area contributed by atoms with Crippen LogP contribution in [0.5, 0.6) is 0 Å². The van der Waals surface area contributed by atoms with E-state index >= 15 is 0 Å². The third-order valence-electron chi connectivity index (χ3n) is 3.53. The summed E-state index contributed by atoms with van der Waals surface area (Å²) in [5.41, 5.74) is 1.98. The largest absolute Gasteiger partial charge is 0.311 e. The highest BCUT2D eigenvalue weighted by Gasteiger charge is 2.17. The van der Waals surface area contributed by atoms with Crippen LogP contribution in [0, 0.1) is 0 Å². The Hall–Kier alpha value is -1.44. The van der Waals surface area contributed by atoms with Crippen molar-refractivity contribution in [1.82, 2.24) is 9.03 Å². The molecule has 0 radical (unpaired) electrons. The molecule has 23 heavy (non-hydrogen) atoms. The van der Waals surface area contributed by atoms with Crippen LogP contribution in [-0.2, 0) is 20.4 Å². The van der Waals surface area contributed by atoms with Gasteiger partial charge in [-0.25, -0.2) is 4.72 Å². The maximum atomic E-state index is 11.9. The highest BCUT2D eigenvalue weighted by Crippen LogP contribution is 2.24. The van der Waals surface area contributed by atoms with Crippen molar-refractivity contribution in [3.63, 3.8) is 0 Å². The van der Waals surface area contributed by atoms with Crippen molar-refractivity contribution >= 4 is 21.8 Å². The van der Waals surface area contributed by atoms with Gasteiger partial charge in [0.1, 0.15) is 0 Å². The average molecular weight is 341 g/mol. The molecule has 0 bridgehead atoms. The van der Waals surface area contributed by atoms with E-state index in [1.165, 1.54) is 26.6 Å². The fourth-order valence-electron chi connectivity index (χ4n) is 2.03. The van der Waals surface area contributed by atoms with Gasteiger partial charge in [-0.15, -0.1) is 0 Å². The van der Waals surface area contributed by atoms with E-state index in [0.717, 1.165) is 9.99 Å². The minimum atomic E-state index is -3.48. The van der Waals surface area contributed by atoms with Crippen molar-refractivity contribution in [3.8, 4) is 0 Å². The number of benzene rings is 1. The quantitative estimate of drug-likeness (QED) is 0.857. The second kappa shape index (κ2) is 7.42. The van der Waals surface area contributed by atoms with Gasteiger partial charge < -0.3 is 4.90 Å². The van der Waals surface area contributed by atoms with Crippen molar-refractivity contribution in [2.24, 2.45) is 0 Å². The molecule has 0 atom stereocenters. The number of amides is 1. The number of nitrogens with one attached hydrogen (secondary N) is 1. The van der Waals surface area contributed by atoms with Crippen LogP contribution in [0.2, 0.25) is 0 Å². The van der Waals surface area contributed by atoms with Gasteiger partial charge in [0.2, 0.25) is 5.91 Å². The van der Waals surface area contributed by atoms with Crippen molar-refractivity contribution < 1.29 is 13.2 Å². The zero-order valence-electron chi connectivity index (χ0n) is 14.8. The fourth-order valence-corrected chi connectivity index (χ4v) is 2.63. The molecule has 0 aliphatic carbocycles. The van der Waals surface area contributed by atoms with Gasteiger partial charge in [0.15, 0.2) is 0 Å². The van der Waals surface area contributed by atoms with E-state index in [1.54, 1.807) is 4.90 Å². The number of rotatable bonds is 6. The summed E-state index contributed by atoms with van der Waals surface area (Å²) in [7, 11) is -0.573. The van der Waals surface area contributed by atoms with Crippen LogP contribution in [0.1, 0.15) is 33.3 Å². The molecule has 1 N–H and O–H groups in total. The van der Waals surface area contributed by atoms with Crippen LogP contribution in [-0.4, -0.2) is 45.8 Å². The van der Waals surface area contributed by atoms with E-state index in [4.69, 9.17) is 0 Å². The number of hydrogen-bond acceptors (Lipinski definition) is 3. The van der Waals surface area contributed by atoms with Crippen molar-refractivity contribution in [2.45, 2.75) is 33.1 Å². The van der Waals surface area contributed by atoms with E-state index in [2.05, 4.69) is 25.5 Å². The Bertz CT molecular complexity index is 632. The van der Waals surface area contributed by atoms with Gasteiger partial charge in [-0.3, -0.25) is 4.79 Å². The normalized spacial score (nSPS) is 12.5. The lowest BCUT2D eigenvalue weighted by Crippen LogP contribution is -2.41. The monoisotopic (exact) mass is 341 g/mol. The molecule has 0 spiro atoms. The third kappa shape index (κ3) is 5.60. The van der Waals surface area contributed by atoms with E-state index in [9.17, 15) is 13.2 Å². The molecule has 0 aromatic heterocycles. The van der Waals surface area contributed by atoms with Crippen LogP contribution in [0.15, 0.2) is 24.3 Å². The van der Waals surface area contributed by atoms with Crippen molar-refractivity contribution in [1.29, 1.82) is 0 Å². The van der Waals surface area contributed by atoms with Crippen LogP contribution < -0.4 is 9.62 Å². The number of hydrogen-bond donors (Lipinski definition) is 1. The first-order chi connectivity index (χ1) is 10.4. The predicted octanol–water partition coefficient (Wildman–Crippen LogP) is 1.73. The molecule has 0 unspecified atom stereocenters. The Kier molecular flexibility index (Phi) is 6.33. The Balaban J connectivity index is 2.82. The number of carbonyl (C=O) groups excluding carboxylic acids is 1. The van der Waals surface area contributed by atoms with Gasteiger partial charge in [-0.1, -0.05) is 32.9 Å². The van der Waals surface area contributed by atoms with Crippen molar-refractivity contribution in [3.05, 3.63) is 29.8 Å². The van der Waals surface area contributed by atoms with Crippen molar-refractivity contribution in [2.75, 3.05) is 32.1 Å². The topological polar surface area (TPSA) is 69.7 Å². The summed E-state index contributed by atoms with van der Waals surface area (Å²) >= 11 is 0. The smallest absolute Gasteiger partial charge is 0.278 e. The van der Waals surface area contributed by atoms with Gasteiger partial charge in [0.05, 0.1) is 0 Å². The lowest BCUT2D eigenvalue weighted by molar-refractivity contribution is -0.116. The zero-order chi connectivity index (χ0) is 17.8. The number of anilines is 1.